The predicted octanol–water partition coefficient (Wildman–Crippen LogP) is 3.16. The minimum atomic E-state index is -0.205. The van der Waals surface area contributed by atoms with E-state index in [2.05, 4.69) is 15.2 Å². The van der Waals surface area contributed by atoms with Gasteiger partial charge in [-0.2, -0.15) is 5.10 Å². The molecule has 106 valence electrons. The van der Waals surface area contributed by atoms with Gasteiger partial charge in [0, 0.05) is 12.6 Å². The largest absolute Gasteiger partial charge is 0.329 e. The number of hydrogen-bond acceptors (Lipinski definition) is 3. The molecule has 5 nitrogen and oxygen atoms in total. The Morgan fingerprint density at radius 3 is 2.65 bits per heavy atom. The highest BCUT2D eigenvalue weighted by Gasteiger charge is 2.21. The molecule has 0 unspecified atom stereocenters. The molecule has 0 bridgehead atoms. The van der Waals surface area contributed by atoms with Gasteiger partial charge < -0.3 is 4.90 Å². The first-order valence-corrected chi connectivity index (χ1v) is 6.85. The first-order chi connectivity index (χ1) is 9.49. The molecular weight excluding hydrogens is 299 g/mol. The van der Waals surface area contributed by atoms with Gasteiger partial charge in [-0.1, -0.05) is 29.3 Å². The van der Waals surface area contributed by atoms with Gasteiger partial charge in [0.15, 0.2) is 0 Å². The van der Waals surface area contributed by atoms with E-state index in [4.69, 9.17) is 23.2 Å². The quantitative estimate of drug-likeness (QED) is 0.943. The molecule has 0 saturated carbocycles. The summed E-state index contributed by atoms with van der Waals surface area (Å²) in [5.74, 6) is 0.0160. The Labute approximate surface area is 126 Å². The van der Waals surface area contributed by atoms with E-state index in [9.17, 15) is 4.79 Å². The first kappa shape index (κ1) is 14.8. The fourth-order valence-electron chi connectivity index (χ4n) is 1.77. The number of carbonyl (C=O) groups is 1. The fourth-order valence-corrected chi connectivity index (χ4v) is 2.09. The molecule has 0 saturated heterocycles. The van der Waals surface area contributed by atoms with Crippen molar-refractivity contribution in [2.24, 2.45) is 0 Å². The molecule has 7 heteroatoms. The van der Waals surface area contributed by atoms with Crippen LogP contribution in [0.5, 0.6) is 0 Å². The number of rotatable bonds is 4. The Hall–Kier alpha value is -1.59. The molecule has 1 N–H and O–H groups in total. The van der Waals surface area contributed by atoms with E-state index in [0.29, 0.717) is 16.6 Å². The predicted molar refractivity (Wildman–Crippen MR) is 77.9 cm³/mol. The van der Waals surface area contributed by atoms with E-state index in [0.717, 1.165) is 5.56 Å². The molecule has 1 amide bonds. The number of carbonyl (C=O) groups excluding carboxylic acids is 1. The summed E-state index contributed by atoms with van der Waals surface area (Å²) in [7, 11) is 0. The monoisotopic (exact) mass is 312 g/mol. The summed E-state index contributed by atoms with van der Waals surface area (Å²) in [4.78, 5) is 17.9. The van der Waals surface area contributed by atoms with Gasteiger partial charge in [-0.3, -0.25) is 9.89 Å². The summed E-state index contributed by atoms with van der Waals surface area (Å²) < 4.78 is 0. The van der Waals surface area contributed by atoms with Crippen molar-refractivity contribution in [3.05, 3.63) is 46.0 Å². The number of aromatic amines is 1. The zero-order chi connectivity index (χ0) is 14.7. The van der Waals surface area contributed by atoms with Crippen LogP contribution in [-0.4, -0.2) is 32.0 Å². The average Bonchev–Trinajstić information content (AvgIpc) is 2.93. The SMILES string of the molecule is CC(C)N(Cc1ccc(Cl)c(Cl)c1)C(=O)c1ncn[nH]1. The van der Waals surface area contributed by atoms with Crippen LogP contribution in [0, 0.1) is 0 Å². The minimum absolute atomic E-state index is 0.0158. The summed E-state index contributed by atoms with van der Waals surface area (Å²) in [5, 5.41) is 7.24. The Kier molecular flexibility index (Phi) is 4.62. The summed E-state index contributed by atoms with van der Waals surface area (Å²) >= 11 is 11.9. The lowest BCUT2D eigenvalue weighted by atomic mass is 10.2. The summed E-state index contributed by atoms with van der Waals surface area (Å²) in [5.41, 5.74) is 0.904. The Morgan fingerprint density at radius 1 is 1.35 bits per heavy atom. The summed E-state index contributed by atoms with van der Waals surface area (Å²) in [6.45, 7) is 4.30. The maximum atomic E-state index is 12.3. The van der Waals surface area contributed by atoms with Crippen molar-refractivity contribution in [3.63, 3.8) is 0 Å². The number of benzene rings is 1. The van der Waals surface area contributed by atoms with Crippen LogP contribution in [0.25, 0.3) is 0 Å². The van der Waals surface area contributed by atoms with Crippen molar-refractivity contribution in [2.75, 3.05) is 0 Å². The van der Waals surface area contributed by atoms with Crippen LogP contribution in [0.4, 0.5) is 0 Å². The third-order valence-corrected chi connectivity index (χ3v) is 3.58. The van der Waals surface area contributed by atoms with Crippen molar-refractivity contribution >= 4 is 29.1 Å². The molecule has 1 heterocycles. The van der Waals surface area contributed by atoms with Crippen LogP contribution >= 0.6 is 23.2 Å². The number of hydrogen-bond donors (Lipinski definition) is 1. The van der Waals surface area contributed by atoms with Crippen LogP contribution in [0.3, 0.4) is 0 Å². The van der Waals surface area contributed by atoms with E-state index in [1.165, 1.54) is 6.33 Å². The lowest BCUT2D eigenvalue weighted by Gasteiger charge is -2.26. The number of nitrogens with zero attached hydrogens (tertiary/aromatic N) is 3. The number of halogens is 2. The van der Waals surface area contributed by atoms with Gasteiger partial charge >= 0.3 is 0 Å². The maximum Gasteiger partial charge on any atom is 0.291 e. The van der Waals surface area contributed by atoms with Gasteiger partial charge in [0.2, 0.25) is 5.82 Å². The van der Waals surface area contributed by atoms with Crippen molar-refractivity contribution in [3.8, 4) is 0 Å². The van der Waals surface area contributed by atoms with Gasteiger partial charge in [0.05, 0.1) is 10.0 Å². The second-order valence-electron chi connectivity index (χ2n) is 4.61. The molecule has 2 rings (SSSR count). The van der Waals surface area contributed by atoms with E-state index < -0.39 is 0 Å². The van der Waals surface area contributed by atoms with E-state index in [1.807, 2.05) is 19.9 Å². The van der Waals surface area contributed by atoms with Gasteiger partial charge in [0.1, 0.15) is 6.33 Å². The molecular formula is C13H14Cl2N4O. The Bertz CT molecular complexity index is 598. The average molecular weight is 313 g/mol. The fraction of sp³-hybridized carbons (Fsp3) is 0.308. The van der Waals surface area contributed by atoms with Crippen molar-refractivity contribution in [1.29, 1.82) is 0 Å². The molecule has 1 aromatic heterocycles. The minimum Gasteiger partial charge on any atom is -0.329 e. The smallest absolute Gasteiger partial charge is 0.291 e. The lowest BCUT2D eigenvalue weighted by Crippen LogP contribution is -2.37. The molecule has 0 atom stereocenters. The first-order valence-electron chi connectivity index (χ1n) is 6.09. The topological polar surface area (TPSA) is 61.9 Å². The lowest BCUT2D eigenvalue weighted by molar-refractivity contribution is 0.0678. The molecule has 20 heavy (non-hydrogen) atoms. The number of nitrogens with one attached hydrogen (secondary N) is 1. The normalized spacial score (nSPS) is 10.8. The molecule has 0 aliphatic rings. The van der Waals surface area contributed by atoms with Crippen molar-refractivity contribution in [1.82, 2.24) is 20.1 Å². The van der Waals surface area contributed by atoms with Crippen molar-refractivity contribution in [2.45, 2.75) is 26.4 Å². The second kappa shape index (κ2) is 6.24. The summed E-state index contributed by atoms with van der Waals surface area (Å²) in [6, 6.07) is 5.34. The van der Waals surface area contributed by atoms with Gasteiger partial charge in [-0.15, -0.1) is 0 Å². The molecule has 2 aromatic rings. The van der Waals surface area contributed by atoms with Crippen molar-refractivity contribution < 1.29 is 4.79 Å². The Morgan fingerprint density at radius 2 is 2.10 bits per heavy atom. The standard InChI is InChI=1S/C13H14Cl2N4O/c1-8(2)19(13(20)12-16-7-17-18-12)6-9-3-4-10(14)11(15)5-9/h3-5,7-8H,6H2,1-2H3,(H,16,17,18). The highest BCUT2D eigenvalue weighted by atomic mass is 35.5. The van der Waals surface area contributed by atoms with Gasteiger partial charge in [-0.25, -0.2) is 4.98 Å². The molecule has 0 fully saturated rings. The zero-order valence-electron chi connectivity index (χ0n) is 11.1. The van der Waals surface area contributed by atoms with Crippen LogP contribution < -0.4 is 0 Å². The second-order valence-corrected chi connectivity index (χ2v) is 5.42. The van der Waals surface area contributed by atoms with Crippen LogP contribution in [0.2, 0.25) is 10.0 Å². The maximum absolute atomic E-state index is 12.3. The van der Waals surface area contributed by atoms with Crippen LogP contribution in [0.1, 0.15) is 30.0 Å². The highest BCUT2D eigenvalue weighted by Crippen LogP contribution is 2.23. The highest BCUT2D eigenvalue weighted by molar-refractivity contribution is 6.42. The molecule has 0 spiro atoms. The number of amides is 1. The van der Waals surface area contributed by atoms with E-state index >= 15 is 0 Å². The third kappa shape index (κ3) is 3.29. The molecule has 1 aromatic carbocycles. The Balaban J connectivity index is 2.21. The van der Waals surface area contributed by atoms with E-state index in [-0.39, 0.29) is 17.8 Å². The number of aromatic nitrogens is 3. The number of H-pyrrole nitrogens is 1. The van der Waals surface area contributed by atoms with Gasteiger partial charge in [-0.05, 0) is 31.5 Å². The van der Waals surface area contributed by atoms with E-state index in [1.54, 1.807) is 17.0 Å². The van der Waals surface area contributed by atoms with Crippen LogP contribution in [-0.2, 0) is 6.54 Å². The van der Waals surface area contributed by atoms with Crippen LogP contribution in [0.15, 0.2) is 24.5 Å². The van der Waals surface area contributed by atoms with Gasteiger partial charge in [0.25, 0.3) is 5.91 Å². The zero-order valence-corrected chi connectivity index (χ0v) is 12.6. The molecule has 0 radical (unpaired) electrons. The molecule has 0 aliphatic heterocycles. The molecule has 0 aliphatic carbocycles. The summed E-state index contributed by atoms with van der Waals surface area (Å²) in [6.07, 6.45) is 1.31. The third-order valence-electron chi connectivity index (χ3n) is 2.84.